The Labute approximate surface area is 71.1 Å². The van der Waals surface area contributed by atoms with Gasteiger partial charge < -0.3 is 4.90 Å². The molecule has 0 atom stereocenters. The van der Waals surface area contributed by atoms with Crippen LogP contribution in [0.2, 0.25) is 0 Å². The third kappa shape index (κ3) is 5.02. The van der Waals surface area contributed by atoms with E-state index in [0.29, 0.717) is 0 Å². The number of likely N-dealkylation sites (N-methyl/N-ethyl adjacent to an activating group) is 1. The van der Waals surface area contributed by atoms with Crippen molar-refractivity contribution in [2.45, 2.75) is 33.6 Å². The van der Waals surface area contributed by atoms with Gasteiger partial charge >= 0.3 is 0 Å². The SMILES string of the molecule is CC/C=C(/CC)CN(C)CC. The van der Waals surface area contributed by atoms with Gasteiger partial charge in [0.1, 0.15) is 0 Å². The second-order valence-electron chi connectivity index (χ2n) is 2.95. The Morgan fingerprint density at radius 3 is 2.27 bits per heavy atom. The molecule has 1 nitrogen and oxygen atoms in total. The molecule has 0 saturated heterocycles. The number of hydrogen-bond donors (Lipinski definition) is 0. The largest absolute Gasteiger partial charge is 0.303 e. The zero-order valence-electron chi connectivity index (χ0n) is 8.35. The first-order valence-corrected chi connectivity index (χ1v) is 4.61. The van der Waals surface area contributed by atoms with E-state index in [4.69, 9.17) is 0 Å². The maximum absolute atomic E-state index is 2.34. The van der Waals surface area contributed by atoms with Gasteiger partial charge in [0, 0.05) is 6.54 Å². The standard InChI is InChI=1S/C10H21N/c1-5-8-10(6-2)9-11(4)7-3/h8H,5-7,9H2,1-4H3/b10-8-. The molecule has 0 aromatic carbocycles. The van der Waals surface area contributed by atoms with E-state index in [9.17, 15) is 0 Å². The fraction of sp³-hybridized carbons (Fsp3) is 0.800. The van der Waals surface area contributed by atoms with E-state index in [1.54, 1.807) is 5.57 Å². The molecule has 0 rings (SSSR count). The van der Waals surface area contributed by atoms with Crippen LogP contribution in [0.1, 0.15) is 33.6 Å². The highest BCUT2D eigenvalue weighted by molar-refractivity contribution is 5.02. The molecule has 0 amide bonds. The van der Waals surface area contributed by atoms with E-state index >= 15 is 0 Å². The van der Waals surface area contributed by atoms with Crippen LogP contribution in [-0.4, -0.2) is 25.0 Å². The van der Waals surface area contributed by atoms with Gasteiger partial charge in [-0.05, 0) is 26.4 Å². The monoisotopic (exact) mass is 155 g/mol. The van der Waals surface area contributed by atoms with Crippen molar-refractivity contribution in [2.75, 3.05) is 20.1 Å². The van der Waals surface area contributed by atoms with Crippen LogP contribution in [0.3, 0.4) is 0 Å². The van der Waals surface area contributed by atoms with Crippen molar-refractivity contribution in [1.29, 1.82) is 0 Å². The first kappa shape index (κ1) is 10.7. The Balaban J connectivity index is 3.77. The summed E-state index contributed by atoms with van der Waals surface area (Å²) < 4.78 is 0. The summed E-state index contributed by atoms with van der Waals surface area (Å²) >= 11 is 0. The smallest absolute Gasteiger partial charge is 0.0189 e. The van der Waals surface area contributed by atoms with E-state index < -0.39 is 0 Å². The normalized spacial score (nSPS) is 12.6. The van der Waals surface area contributed by atoms with E-state index in [2.05, 4.69) is 38.8 Å². The van der Waals surface area contributed by atoms with E-state index in [1.165, 1.54) is 12.8 Å². The van der Waals surface area contributed by atoms with Crippen molar-refractivity contribution in [3.05, 3.63) is 11.6 Å². The second-order valence-corrected chi connectivity index (χ2v) is 2.95. The molecule has 0 saturated carbocycles. The first-order chi connectivity index (χ1) is 5.24. The zero-order chi connectivity index (χ0) is 8.69. The van der Waals surface area contributed by atoms with Gasteiger partial charge in [0.05, 0.1) is 0 Å². The summed E-state index contributed by atoms with van der Waals surface area (Å²) in [5.41, 5.74) is 1.57. The van der Waals surface area contributed by atoms with E-state index in [0.717, 1.165) is 13.1 Å². The lowest BCUT2D eigenvalue weighted by molar-refractivity contribution is 0.379. The van der Waals surface area contributed by atoms with Crippen LogP contribution in [0.15, 0.2) is 11.6 Å². The fourth-order valence-electron chi connectivity index (χ4n) is 1.07. The van der Waals surface area contributed by atoms with Crippen LogP contribution < -0.4 is 0 Å². The molecule has 0 radical (unpaired) electrons. The van der Waals surface area contributed by atoms with Crippen molar-refractivity contribution in [1.82, 2.24) is 4.90 Å². The van der Waals surface area contributed by atoms with Gasteiger partial charge in [0.25, 0.3) is 0 Å². The Bertz CT molecular complexity index is 116. The summed E-state index contributed by atoms with van der Waals surface area (Å²) in [7, 11) is 2.17. The molecule has 0 unspecified atom stereocenters. The molecule has 0 fully saturated rings. The van der Waals surface area contributed by atoms with Crippen molar-refractivity contribution in [3.63, 3.8) is 0 Å². The van der Waals surface area contributed by atoms with Gasteiger partial charge in [-0.15, -0.1) is 0 Å². The Morgan fingerprint density at radius 2 is 1.91 bits per heavy atom. The summed E-state index contributed by atoms with van der Waals surface area (Å²) in [4.78, 5) is 2.34. The fourth-order valence-corrected chi connectivity index (χ4v) is 1.07. The molecule has 0 bridgehead atoms. The highest BCUT2D eigenvalue weighted by Gasteiger charge is 1.97. The highest BCUT2D eigenvalue weighted by Crippen LogP contribution is 2.03. The predicted octanol–water partition coefficient (Wildman–Crippen LogP) is 2.68. The number of nitrogens with zero attached hydrogens (tertiary/aromatic N) is 1. The minimum atomic E-state index is 1.14. The molecule has 66 valence electrons. The molecule has 0 spiro atoms. The molecule has 0 heterocycles. The first-order valence-electron chi connectivity index (χ1n) is 4.61. The molecule has 0 aromatic heterocycles. The minimum Gasteiger partial charge on any atom is -0.303 e. The van der Waals surface area contributed by atoms with Gasteiger partial charge in [-0.3, -0.25) is 0 Å². The average Bonchev–Trinajstić information content (AvgIpc) is 2.03. The maximum atomic E-state index is 2.34. The van der Waals surface area contributed by atoms with Crippen LogP contribution in [0.4, 0.5) is 0 Å². The number of allylic oxidation sites excluding steroid dienone is 1. The topological polar surface area (TPSA) is 3.24 Å². The summed E-state index contributed by atoms with van der Waals surface area (Å²) in [6.45, 7) is 8.90. The molecule has 1 heteroatoms. The lowest BCUT2D eigenvalue weighted by Gasteiger charge is -2.15. The minimum absolute atomic E-state index is 1.14. The van der Waals surface area contributed by atoms with Gasteiger partial charge in [-0.2, -0.15) is 0 Å². The summed E-state index contributed by atoms with van der Waals surface area (Å²) in [6.07, 6.45) is 4.70. The zero-order valence-corrected chi connectivity index (χ0v) is 8.35. The lowest BCUT2D eigenvalue weighted by Crippen LogP contribution is -2.20. The van der Waals surface area contributed by atoms with Crippen LogP contribution in [0, 0.1) is 0 Å². The second kappa shape index (κ2) is 6.41. The Morgan fingerprint density at radius 1 is 1.27 bits per heavy atom. The van der Waals surface area contributed by atoms with Gasteiger partial charge in [-0.25, -0.2) is 0 Å². The molecule has 0 aliphatic carbocycles. The van der Waals surface area contributed by atoms with Crippen molar-refractivity contribution in [2.24, 2.45) is 0 Å². The summed E-state index contributed by atoms with van der Waals surface area (Å²) in [5, 5.41) is 0. The quantitative estimate of drug-likeness (QED) is 0.552. The Kier molecular flexibility index (Phi) is 6.24. The third-order valence-corrected chi connectivity index (χ3v) is 1.96. The average molecular weight is 155 g/mol. The highest BCUT2D eigenvalue weighted by atomic mass is 15.1. The van der Waals surface area contributed by atoms with Crippen LogP contribution in [-0.2, 0) is 0 Å². The van der Waals surface area contributed by atoms with Crippen LogP contribution in [0.5, 0.6) is 0 Å². The molecule has 0 aromatic rings. The van der Waals surface area contributed by atoms with Crippen LogP contribution in [0.25, 0.3) is 0 Å². The van der Waals surface area contributed by atoms with Gasteiger partial charge in [0.15, 0.2) is 0 Å². The third-order valence-electron chi connectivity index (χ3n) is 1.96. The van der Waals surface area contributed by atoms with Crippen LogP contribution >= 0.6 is 0 Å². The number of rotatable bonds is 5. The van der Waals surface area contributed by atoms with Gasteiger partial charge in [-0.1, -0.05) is 32.4 Å². The molecular formula is C10H21N. The number of hydrogen-bond acceptors (Lipinski definition) is 1. The summed E-state index contributed by atoms with van der Waals surface area (Å²) in [5.74, 6) is 0. The van der Waals surface area contributed by atoms with E-state index in [1.807, 2.05) is 0 Å². The van der Waals surface area contributed by atoms with Crippen molar-refractivity contribution in [3.8, 4) is 0 Å². The predicted molar refractivity (Wildman–Crippen MR) is 51.8 cm³/mol. The van der Waals surface area contributed by atoms with Crippen molar-refractivity contribution < 1.29 is 0 Å². The maximum Gasteiger partial charge on any atom is 0.0189 e. The molecule has 11 heavy (non-hydrogen) atoms. The lowest BCUT2D eigenvalue weighted by atomic mass is 10.1. The molecule has 0 N–H and O–H groups in total. The van der Waals surface area contributed by atoms with Crippen molar-refractivity contribution >= 4 is 0 Å². The Hall–Kier alpha value is -0.300. The van der Waals surface area contributed by atoms with Gasteiger partial charge in [0.2, 0.25) is 0 Å². The molecule has 0 aliphatic heterocycles. The summed E-state index contributed by atoms with van der Waals surface area (Å²) in [6, 6.07) is 0. The van der Waals surface area contributed by atoms with E-state index in [-0.39, 0.29) is 0 Å². The molecule has 0 aliphatic rings. The molecular weight excluding hydrogens is 134 g/mol.